The fourth-order valence-corrected chi connectivity index (χ4v) is 6.47. The maximum Gasteiger partial charge on any atom is 0.223 e. The largest absolute Gasteiger partial charge is 0.379 e. The van der Waals surface area contributed by atoms with E-state index in [9.17, 15) is 13.2 Å². The van der Waals surface area contributed by atoms with Gasteiger partial charge in [-0.1, -0.05) is 0 Å². The molecule has 2 aromatic rings. The Morgan fingerprint density at radius 3 is 2.61 bits per heavy atom. The maximum atomic E-state index is 12.6. The van der Waals surface area contributed by atoms with Crippen molar-refractivity contribution in [2.75, 3.05) is 56.6 Å². The number of nitrogens with zero attached hydrogens (tertiary/aromatic N) is 4. The number of aromatic nitrogens is 2. The predicted molar refractivity (Wildman–Crippen MR) is 121 cm³/mol. The zero-order valence-electron chi connectivity index (χ0n) is 18.0. The van der Waals surface area contributed by atoms with Crippen LogP contribution >= 0.6 is 11.3 Å². The van der Waals surface area contributed by atoms with Gasteiger partial charge in [0.05, 0.1) is 24.4 Å². The number of carbonyl (C=O) groups is 1. The predicted octanol–water partition coefficient (Wildman–Crippen LogP) is 1.30. The first-order chi connectivity index (χ1) is 14.9. The highest BCUT2D eigenvalue weighted by Gasteiger charge is 2.28. The first-order valence-corrected chi connectivity index (χ1v) is 13.1. The van der Waals surface area contributed by atoms with Gasteiger partial charge >= 0.3 is 0 Å². The summed E-state index contributed by atoms with van der Waals surface area (Å²) in [5.41, 5.74) is 1.22. The van der Waals surface area contributed by atoms with E-state index in [1.54, 1.807) is 17.7 Å². The summed E-state index contributed by atoms with van der Waals surface area (Å²) in [5.74, 6) is 0.701. The Balaban J connectivity index is 1.29. The van der Waals surface area contributed by atoms with Crippen molar-refractivity contribution in [2.45, 2.75) is 26.7 Å². The number of piperidine rings is 1. The van der Waals surface area contributed by atoms with Gasteiger partial charge in [-0.25, -0.2) is 18.4 Å². The highest BCUT2D eigenvalue weighted by Crippen LogP contribution is 2.35. The van der Waals surface area contributed by atoms with E-state index >= 15 is 0 Å². The first-order valence-electron chi connectivity index (χ1n) is 10.7. The van der Waals surface area contributed by atoms with Crippen molar-refractivity contribution in [2.24, 2.45) is 5.92 Å². The summed E-state index contributed by atoms with van der Waals surface area (Å²) in [7, 11) is -3.36. The Morgan fingerprint density at radius 2 is 1.90 bits per heavy atom. The average Bonchev–Trinajstić information content (AvgIpc) is 3.08. The highest BCUT2D eigenvalue weighted by molar-refractivity contribution is 7.89. The molecule has 170 valence electrons. The fourth-order valence-electron chi connectivity index (χ4n) is 4.16. The number of hydrogen-bond acceptors (Lipinski definition) is 8. The molecule has 2 fully saturated rings. The van der Waals surface area contributed by atoms with Crippen LogP contribution in [0.25, 0.3) is 10.2 Å². The number of aryl methyl sites for hydroxylation is 2. The van der Waals surface area contributed by atoms with Crippen LogP contribution in [0.4, 0.5) is 5.82 Å². The molecule has 2 aliphatic rings. The lowest BCUT2D eigenvalue weighted by atomic mass is 9.95. The number of fused-ring (bicyclic) bond motifs is 1. The number of carbonyl (C=O) groups excluding carboxylic acids is 1. The van der Waals surface area contributed by atoms with E-state index in [0.29, 0.717) is 26.3 Å². The van der Waals surface area contributed by atoms with Crippen molar-refractivity contribution in [1.82, 2.24) is 19.6 Å². The third-order valence-corrected chi connectivity index (χ3v) is 9.12. The number of nitrogens with one attached hydrogen (secondary N) is 1. The van der Waals surface area contributed by atoms with Gasteiger partial charge in [-0.05, 0) is 32.3 Å². The van der Waals surface area contributed by atoms with Gasteiger partial charge in [0.1, 0.15) is 17.0 Å². The van der Waals surface area contributed by atoms with Crippen molar-refractivity contribution in [3.05, 3.63) is 16.8 Å². The van der Waals surface area contributed by atoms with Crippen LogP contribution in [0, 0.1) is 19.8 Å². The van der Waals surface area contributed by atoms with E-state index < -0.39 is 10.0 Å². The molecule has 0 bridgehead atoms. The van der Waals surface area contributed by atoms with Crippen LogP contribution in [0.3, 0.4) is 0 Å². The van der Waals surface area contributed by atoms with Crippen LogP contribution in [0.15, 0.2) is 6.33 Å². The summed E-state index contributed by atoms with van der Waals surface area (Å²) in [4.78, 5) is 26.0. The van der Waals surface area contributed by atoms with E-state index in [1.807, 2.05) is 0 Å². The van der Waals surface area contributed by atoms with Crippen molar-refractivity contribution >= 4 is 43.3 Å². The molecule has 0 unspecified atom stereocenters. The van der Waals surface area contributed by atoms with Gasteiger partial charge in [0.25, 0.3) is 0 Å². The first kappa shape index (κ1) is 22.4. The zero-order valence-corrected chi connectivity index (χ0v) is 19.6. The van der Waals surface area contributed by atoms with Crippen molar-refractivity contribution < 1.29 is 17.9 Å². The van der Waals surface area contributed by atoms with E-state index in [2.05, 4.69) is 34.0 Å². The molecule has 2 aromatic heterocycles. The smallest absolute Gasteiger partial charge is 0.223 e. The fraction of sp³-hybridized carbons (Fsp3) is 0.650. The second kappa shape index (κ2) is 9.35. The standard InChI is InChI=1S/C20H29N5O4S2/c1-14-15(2)30-20-17(14)18(22-13-23-20)24-6-3-16(4-7-24)19(26)21-5-12-31(27,28)25-8-10-29-11-9-25/h13,16H,3-12H2,1-2H3,(H,21,26). The lowest BCUT2D eigenvalue weighted by Gasteiger charge is -2.32. The molecule has 11 heteroatoms. The van der Waals surface area contributed by atoms with Gasteiger partial charge in [-0.3, -0.25) is 4.79 Å². The second-order valence-corrected chi connectivity index (χ2v) is 11.3. The molecular weight excluding hydrogens is 438 g/mol. The summed E-state index contributed by atoms with van der Waals surface area (Å²) in [6.45, 7) is 7.43. The minimum Gasteiger partial charge on any atom is -0.379 e. The van der Waals surface area contributed by atoms with Gasteiger partial charge in [0.15, 0.2) is 0 Å². The topological polar surface area (TPSA) is 105 Å². The molecule has 0 aromatic carbocycles. The number of ether oxygens (including phenoxy) is 1. The molecule has 0 saturated carbocycles. The second-order valence-electron chi connectivity index (χ2n) is 8.04. The minimum atomic E-state index is -3.36. The molecule has 9 nitrogen and oxygen atoms in total. The lowest BCUT2D eigenvalue weighted by Crippen LogP contribution is -2.45. The molecule has 1 amide bonds. The number of hydrogen-bond donors (Lipinski definition) is 1. The van der Waals surface area contributed by atoms with Crippen molar-refractivity contribution in [3.63, 3.8) is 0 Å². The average molecular weight is 468 g/mol. The van der Waals surface area contributed by atoms with Gasteiger partial charge in [-0.2, -0.15) is 4.31 Å². The third kappa shape index (κ3) is 4.84. The van der Waals surface area contributed by atoms with Gasteiger partial charge < -0.3 is 15.0 Å². The Kier molecular flexibility index (Phi) is 6.75. The monoisotopic (exact) mass is 467 g/mol. The molecule has 0 atom stereocenters. The van der Waals surface area contributed by atoms with Gasteiger partial charge in [-0.15, -0.1) is 11.3 Å². The third-order valence-electron chi connectivity index (χ3n) is 6.13. The summed E-state index contributed by atoms with van der Waals surface area (Å²) < 4.78 is 31.4. The summed E-state index contributed by atoms with van der Waals surface area (Å²) >= 11 is 1.68. The normalized spacial score (nSPS) is 19.1. The summed E-state index contributed by atoms with van der Waals surface area (Å²) in [6.07, 6.45) is 3.05. The van der Waals surface area contributed by atoms with Crippen LogP contribution in [-0.4, -0.2) is 80.3 Å². The number of anilines is 1. The molecule has 2 saturated heterocycles. The highest BCUT2D eigenvalue weighted by atomic mass is 32.2. The van der Waals surface area contributed by atoms with Crippen LogP contribution in [0.2, 0.25) is 0 Å². The molecule has 0 radical (unpaired) electrons. The van der Waals surface area contributed by atoms with Crippen molar-refractivity contribution in [3.8, 4) is 0 Å². The van der Waals surface area contributed by atoms with Gasteiger partial charge in [0, 0.05) is 43.5 Å². The minimum absolute atomic E-state index is 0.0628. The SMILES string of the molecule is Cc1sc2ncnc(N3CCC(C(=O)NCCS(=O)(=O)N4CCOCC4)CC3)c2c1C. The van der Waals surface area contributed by atoms with Gasteiger partial charge in [0.2, 0.25) is 15.9 Å². The van der Waals surface area contributed by atoms with Crippen LogP contribution in [0.5, 0.6) is 0 Å². The maximum absolute atomic E-state index is 12.6. The summed E-state index contributed by atoms with van der Waals surface area (Å²) in [5, 5.41) is 3.94. The van der Waals surface area contributed by atoms with E-state index in [-0.39, 0.29) is 24.1 Å². The number of morpholine rings is 1. The Morgan fingerprint density at radius 1 is 1.19 bits per heavy atom. The Hall–Kier alpha value is -1.82. The van der Waals surface area contributed by atoms with E-state index in [0.717, 1.165) is 42.0 Å². The molecule has 4 heterocycles. The van der Waals surface area contributed by atoms with Crippen molar-refractivity contribution in [1.29, 1.82) is 0 Å². The Labute approximate surface area is 186 Å². The lowest BCUT2D eigenvalue weighted by molar-refractivity contribution is -0.125. The van der Waals surface area contributed by atoms with E-state index in [1.165, 1.54) is 14.7 Å². The molecule has 0 spiro atoms. The molecule has 2 aliphatic heterocycles. The zero-order chi connectivity index (χ0) is 22.0. The molecule has 31 heavy (non-hydrogen) atoms. The number of sulfonamides is 1. The summed E-state index contributed by atoms with van der Waals surface area (Å²) in [6, 6.07) is 0. The van der Waals surface area contributed by atoms with Crippen LogP contribution in [-0.2, 0) is 19.6 Å². The molecule has 0 aliphatic carbocycles. The number of amides is 1. The number of thiophene rings is 1. The van der Waals surface area contributed by atoms with Crippen LogP contribution in [0.1, 0.15) is 23.3 Å². The molecule has 1 N–H and O–H groups in total. The Bertz CT molecular complexity index is 1040. The molecule has 4 rings (SSSR count). The quantitative estimate of drug-likeness (QED) is 0.683. The van der Waals surface area contributed by atoms with E-state index in [4.69, 9.17) is 4.74 Å². The number of rotatable bonds is 6. The van der Waals surface area contributed by atoms with Crippen LogP contribution < -0.4 is 10.2 Å². The molecular formula is C20H29N5O4S2.